The van der Waals surface area contributed by atoms with Crippen LogP contribution in [0.2, 0.25) is 0 Å². The van der Waals surface area contributed by atoms with Gasteiger partial charge in [-0.05, 0) is 31.9 Å². The van der Waals surface area contributed by atoms with Crippen molar-refractivity contribution in [1.29, 1.82) is 0 Å². The molecule has 2 N–H and O–H groups in total. The standard InChI is InChI=1S/C13H21N3O/c1-10-8-11(2)15-13(12(10)9-14)16-4-3-6-17-7-5-16/h8H,3-7,9,14H2,1-2H3. The highest BCUT2D eigenvalue weighted by atomic mass is 16.5. The van der Waals surface area contributed by atoms with E-state index in [1.165, 1.54) is 5.56 Å². The molecule has 4 heteroatoms. The summed E-state index contributed by atoms with van der Waals surface area (Å²) in [5.41, 5.74) is 9.31. The molecule has 0 saturated carbocycles. The number of ether oxygens (including phenoxy) is 1. The number of anilines is 1. The Labute approximate surface area is 103 Å². The van der Waals surface area contributed by atoms with E-state index in [9.17, 15) is 0 Å². The lowest BCUT2D eigenvalue weighted by atomic mass is 10.1. The van der Waals surface area contributed by atoms with Crippen molar-refractivity contribution < 1.29 is 4.74 Å². The highest BCUT2D eigenvalue weighted by Gasteiger charge is 2.16. The van der Waals surface area contributed by atoms with Crippen LogP contribution in [0.25, 0.3) is 0 Å². The van der Waals surface area contributed by atoms with Crippen LogP contribution in [-0.4, -0.2) is 31.3 Å². The Bertz CT molecular complexity index is 384. The summed E-state index contributed by atoms with van der Waals surface area (Å²) >= 11 is 0. The molecule has 1 saturated heterocycles. The normalized spacial score (nSPS) is 17.0. The van der Waals surface area contributed by atoms with E-state index in [2.05, 4.69) is 22.9 Å². The molecule has 0 spiro atoms. The molecule has 1 aromatic rings. The van der Waals surface area contributed by atoms with Gasteiger partial charge in [-0.1, -0.05) is 0 Å². The van der Waals surface area contributed by atoms with Gasteiger partial charge in [-0.25, -0.2) is 4.98 Å². The molecule has 0 aliphatic carbocycles. The summed E-state index contributed by atoms with van der Waals surface area (Å²) in [6.07, 6.45) is 1.05. The Morgan fingerprint density at radius 3 is 2.94 bits per heavy atom. The minimum Gasteiger partial charge on any atom is -0.380 e. The maximum Gasteiger partial charge on any atom is 0.133 e. The Hall–Kier alpha value is -1.13. The second-order valence-corrected chi connectivity index (χ2v) is 4.54. The molecule has 1 aliphatic heterocycles. The summed E-state index contributed by atoms with van der Waals surface area (Å²) in [5.74, 6) is 1.05. The Kier molecular flexibility index (Phi) is 3.97. The number of aromatic nitrogens is 1. The molecule has 0 aromatic carbocycles. The molecule has 17 heavy (non-hydrogen) atoms. The fraction of sp³-hybridized carbons (Fsp3) is 0.615. The molecule has 4 nitrogen and oxygen atoms in total. The zero-order chi connectivity index (χ0) is 12.3. The third-order valence-electron chi connectivity index (χ3n) is 3.18. The predicted octanol–water partition coefficient (Wildman–Crippen LogP) is 1.38. The first-order valence-electron chi connectivity index (χ1n) is 6.22. The Morgan fingerprint density at radius 1 is 1.35 bits per heavy atom. The average molecular weight is 235 g/mol. The van der Waals surface area contributed by atoms with Crippen LogP contribution >= 0.6 is 0 Å². The lowest BCUT2D eigenvalue weighted by molar-refractivity contribution is 0.152. The molecule has 2 rings (SSSR count). The monoisotopic (exact) mass is 235 g/mol. The van der Waals surface area contributed by atoms with E-state index in [1.807, 2.05) is 6.92 Å². The number of hydrogen-bond donors (Lipinski definition) is 1. The summed E-state index contributed by atoms with van der Waals surface area (Å²) in [6, 6.07) is 2.10. The number of hydrogen-bond acceptors (Lipinski definition) is 4. The average Bonchev–Trinajstić information content (AvgIpc) is 2.56. The van der Waals surface area contributed by atoms with Crippen LogP contribution in [-0.2, 0) is 11.3 Å². The van der Waals surface area contributed by atoms with E-state index in [1.54, 1.807) is 0 Å². The van der Waals surface area contributed by atoms with Gasteiger partial charge in [0.2, 0.25) is 0 Å². The van der Waals surface area contributed by atoms with Crippen molar-refractivity contribution >= 4 is 5.82 Å². The third-order valence-corrected chi connectivity index (χ3v) is 3.18. The van der Waals surface area contributed by atoms with Crippen molar-refractivity contribution in [3.63, 3.8) is 0 Å². The molecule has 0 amide bonds. The fourth-order valence-corrected chi connectivity index (χ4v) is 2.32. The first kappa shape index (κ1) is 12.3. The maximum atomic E-state index is 5.85. The van der Waals surface area contributed by atoms with Gasteiger partial charge < -0.3 is 15.4 Å². The number of aryl methyl sites for hydroxylation is 2. The van der Waals surface area contributed by atoms with Crippen molar-refractivity contribution in [3.8, 4) is 0 Å². The second-order valence-electron chi connectivity index (χ2n) is 4.54. The zero-order valence-corrected chi connectivity index (χ0v) is 10.7. The summed E-state index contributed by atoms with van der Waals surface area (Å²) in [7, 11) is 0. The van der Waals surface area contributed by atoms with Crippen LogP contribution in [0.1, 0.15) is 23.2 Å². The lowest BCUT2D eigenvalue weighted by Gasteiger charge is -2.24. The summed E-state index contributed by atoms with van der Waals surface area (Å²) in [6.45, 7) is 8.22. The van der Waals surface area contributed by atoms with Crippen molar-refractivity contribution in [3.05, 3.63) is 22.9 Å². The van der Waals surface area contributed by atoms with Gasteiger partial charge in [0.1, 0.15) is 5.82 Å². The van der Waals surface area contributed by atoms with Crippen LogP contribution in [0.15, 0.2) is 6.07 Å². The largest absolute Gasteiger partial charge is 0.380 e. The topological polar surface area (TPSA) is 51.4 Å². The van der Waals surface area contributed by atoms with Crippen molar-refractivity contribution in [2.75, 3.05) is 31.2 Å². The smallest absolute Gasteiger partial charge is 0.133 e. The molecule has 94 valence electrons. The molecule has 2 heterocycles. The zero-order valence-electron chi connectivity index (χ0n) is 10.7. The number of pyridine rings is 1. The van der Waals surface area contributed by atoms with Crippen molar-refractivity contribution in [2.45, 2.75) is 26.8 Å². The van der Waals surface area contributed by atoms with Crippen LogP contribution in [0.5, 0.6) is 0 Å². The van der Waals surface area contributed by atoms with Gasteiger partial charge >= 0.3 is 0 Å². The molecular weight excluding hydrogens is 214 g/mol. The maximum absolute atomic E-state index is 5.85. The van der Waals surface area contributed by atoms with Crippen molar-refractivity contribution in [2.24, 2.45) is 5.73 Å². The van der Waals surface area contributed by atoms with E-state index in [0.29, 0.717) is 6.54 Å². The van der Waals surface area contributed by atoms with E-state index >= 15 is 0 Å². The van der Waals surface area contributed by atoms with Gasteiger partial charge in [0.15, 0.2) is 0 Å². The first-order valence-corrected chi connectivity index (χ1v) is 6.22. The number of nitrogens with two attached hydrogens (primary N) is 1. The summed E-state index contributed by atoms with van der Waals surface area (Å²) < 4.78 is 5.48. The first-order chi connectivity index (χ1) is 8.22. The molecule has 0 unspecified atom stereocenters. The molecule has 0 radical (unpaired) electrons. The van der Waals surface area contributed by atoms with Gasteiger partial charge in [0.25, 0.3) is 0 Å². The Balaban J connectivity index is 2.34. The second kappa shape index (κ2) is 5.47. The predicted molar refractivity (Wildman–Crippen MR) is 69.3 cm³/mol. The quantitative estimate of drug-likeness (QED) is 0.841. The van der Waals surface area contributed by atoms with Gasteiger partial charge in [0.05, 0.1) is 6.61 Å². The Morgan fingerprint density at radius 2 is 2.18 bits per heavy atom. The van der Waals surface area contributed by atoms with Gasteiger partial charge in [0, 0.05) is 37.5 Å². The minimum absolute atomic E-state index is 0.547. The lowest BCUT2D eigenvalue weighted by Crippen LogP contribution is -2.29. The molecule has 1 fully saturated rings. The van der Waals surface area contributed by atoms with Crippen LogP contribution in [0.3, 0.4) is 0 Å². The highest BCUT2D eigenvalue weighted by molar-refractivity contribution is 5.51. The van der Waals surface area contributed by atoms with Gasteiger partial charge in [-0.2, -0.15) is 0 Å². The SMILES string of the molecule is Cc1cc(C)c(CN)c(N2CCCOCC2)n1. The molecule has 1 aromatic heterocycles. The van der Waals surface area contributed by atoms with Crippen LogP contribution in [0, 0.1) is 13.8 Å². The summed E-state index contributed by atoms with van der Waals surface area (Å²) in [4.78, 5) is 6.96. The van der Waals surface area contributed by atoms with Crippen molar-refractivity contribution in [1.82, 2.24) is 4.98 Å². The molecular formula is C13H21N3O. The number of nitrogens with zero attached hydrogens (tertiary/aromatic N) is 2. The van der Waals surface area contributed by atoms with E-state index in [4.69, 9.17) is 10.5 Å². The van der Waals surface area contributed by atoms with Gasteiger partial charge in [-0.15, -0.1) is 0 Å². The van der Waals surface area contributed by atoms with E-state index in [0.717, 1.165) is 49.8 Å². The van der Waals surface area contributed by atoms with Crippen LogP contribution < -0.4 is 10.6 Å². The van der Waals surface area contributed by atoms with Crippen LogP contribution in [0.4, 0.5) is 5.82 Å². The van der Waals surface area contributed by atoms with E-state index in [-0.39, 0.29) is 0 Å². The molecule has 0 atom stereocenters. The number of rotatable bonds is 2. The summed E-state index contributed by atoms with van der Waals surface area (Å²) in [5, 5.41) is 0. The van der Waals surface area contributed by atoms with Gasteiger partial charge in [-0.3, -0.25) is 0 Å². The molecule has 1 aliphatic rings. The minimum atomic E-state index is 0.547. The highest BCUT2D eigenvalue weighted by Crippen LogP contribution is 2.23. The fourth-order valence-electron chi connectivity index (χ4n) is 2.32. The third kappa shape index (κ3) is 2.76. The molecule has 0 bridgehead atoms. The van der Waals surface area contributed by atoms with E-state index < -0.39 is 0 Å².